The highest BCUT2D eigenvalue weighted by atomic mass is 16.5. The molecule has 0 radical (unpaired) electrons. The van der Waals surface area contributed by atoms with E-state index in [1.807, 2.05) is 6.92 Å². The number of hydrogen-bond donors (Lipinski definition) is 1. The molecule has 1 aromatic rings. The number of piperazine rings is 1. The van der Waals surface area contributed by atoms with Gasteiger partial charge in [-0.3, -0.25) is 9.69 Å². The van der Waals surface area contributed by atoms with E-state index < -0.39 is 0 Å². The summed E-state index contributed by atoms with van der Waals surface area (Å²) in [6, 6.07) is 6.58. The van der Waals surface area contributed by atoms with Gasteiger partial charge in [0.2, 0.25) is 5.91 Å². The molecule has 5 nitrogen and oxygen atoms in total. The third-order valence-electron chi connectivity index (χ3n) is 5.63. The number of carbonyl (C=O) groups excluding carboxylic acids is 1. The van der Waals surface area contributed by atoms with Gasteiger partial charge >= 0.3 is 0 Å². The topological polar surface area (TPSA) is 44.8 Å². The average molecular weight is 345 g/mol. The van der Waals surface area contributed by atoms with Crippen molar-refractivity contribution in [1.29, 1.82) is 0 Å². The first-order chi connectivity index (χ1) is 12.0. The lowest BCUT2D eigenvalue weighted by molar-refractivity contribution is -0.126. The summed E-state index contributed by atoms with van der Waals surface area (Å²) in [5.41, 5.74) is 3.96. The summed E-state index contributed by atoms with van der Waals surface area (Å²) in [5, 5.41) is 3.06. The van der Waals surface area contributed by atoms with E-state index in [-0.39, 0.29) is 18.1 Å². The third kappa shape index (κ3) is 4.53. The number of nitrogens with zero attached hydrogens (tertiary/aromatic N) is 2. The van der Waals surface area contributed by atoms with Gasteiger partial charge in [-0.25, -0.2) is 0 Å². The lowest BCUT2D eigenvalue weighted by atomic mass is 10.1. The van der Waals surface area contributed by atoms with E-state index in [2.05, 4.69) is 47.2 Å². The molecule has 1 amide bonds. The van der Waals surface area contributed by atoms with E-state index in [1.165, 1.54) is 16.8 Å². The SMILES string of the molecule is Cc1ccc(N2CCN([C@@H](C)C(=O)NC[C@H]3CCCO3)CC2)cc1C. The van der Waals surface area contributed by atoms with Gasteiger partial charge in [-0.1, -0.05) is 6.07 Å². The van der Waals surface area contributed by atoms with Crippen molar-refractivity contribution in [2.75, 3.05) is 44.2 Å². The number of ether oxygens (including phenoxy) is 1. The Morgan fingerprint density at radius 2 is 2.00 bits per heavy atom. The standard InChI is InChI=1S/C20H31N3O2/c1-15-6-7-18(13-16(15)2)23-10-8-22(9-11-23)17(3)20(24)21-14-19-5-4-12-25-19/h6-7,13,17,19H,4-5,8-12,14H2,1-3H3,(H,21,24)/t17-,19+/m0/s1. The van der Waals surface area contributed by atoms with Crippen LogP contribution in [0.25, 0.3) is 0 Å². The molecule has 1 N–H and O–H groups in total. The van der Waals surface area contributed by atoms with Gasteiger partial charge < -0.3 is 15.0 Å². The number of anilines is 1. The lowest BCUT2D eigenvalue weighted by Crippen LogP contribution is -2.54. The van der Waals surface area contributed by atoms with Crippen LogP contribution in [0.15, 0.2) is 18.2 Å². The van der Waals surface area contributed by atoms with Gasteiger partial charge in [-0.05, 0) is 56.9 Å². The molecule has 0 aromatic heterocycles. The molecule has 2 fully saturated rings. The number of carbonyl (C=O) groups is 1. The number of benzene rings is 1. The van der Waals surface area contributed by atoms with Gasteiger partial charge in [0, 0.05) is 45.0 Å². The van der Waals surface area contributed by atoms with Crippen molar-refractivity contribution in [1.82, 2.24) is 10.2 Å². The molecule has 25 heavy (non-hydrogen) atoms. The number of amides is 1. The van der Waals surface area contributed by atoms with Crippen LogP contribution in [-0.2, 0) is 9.53 Å². The fraction of sp³-hybridized carbons (Fsp3) is 0.650. The minimum Gasteiger partial charge on any atom is -0.376 e. The number of hydrogen-bond acceptors (Lipinski definition) is 4. The Kier molecular flexibility index (Phi) is 5.97. The monoisotopic (exact) mass is 345 g/mol. The maximum absolute atomic E-state index is 12.4. The highest BCUT2D eigenvalue weighted by molar-refractivity contribution is 5.81. The van der Waals surface area contributed by atoms with Crippen LogP contribution in [0, 0.1) is 13.8 Å². The smallest absolute Gasteiger partial charge is 0.237 e. The van der Waals surface area contributed by atoms with Crippen LogP contribution >= 0.6 is 0 Å². The van der Waals surface area contributed by atoms with E-state index in [0.717, 1.165) is 45.6 Å². The van der Waals surface area contributed by atoms with Crippen LogP contribution in [0.1, 0.15) is 30.9 Å². The number of aryl methyl sites for hydroxylation is 2. The molecule has 2 aliphatic heterocycles. The summed E-state index contributed by atoms with van der Waals surface area (Å²) in [7, 11) is 0. The van der Waals surface area contributed by atoms with E-state index in [0.29, 0.717) is 6.54 Å². The quantitative estimate of drug-likeness (QED) is 0.888. The molecule has 0 saturated carbocycles. The van der Waals surface area contributed by atoms with Crippen LogP contribution in [-0.4, -0.2) is 62.3 Å². The van der Waals surface area contributed by atoms with Crippen LogP contribution in [0.3, 0.4) is 0 Å². The van der Waals surface area contributed by atoms with Crippen molar-refractivity contribution < 1.29 is 9.53 Å². The first-order valence-electron chi connectivity index (χ1n) is 9.50. The summed E-state index contributed by atoms with van der Waals surface area (Å²) >= 11 is 0. The highest BCUT2D eigenvalue weighted by Gasteiger charge is 2.26. The Labute approximate surface area is 151 Å². The predicted octanol–water partition coefficient (Wildman–Crippen LogP) is 2.11. The second kappa shape index (κ2) is 8.19. The maximum atomic E-state index is 12.4. The van der Waals surface area contributed by atoms with Gasteiger partial charge in [-0.15, -0.1) is 0 Å². The second-order valence-corrected chi connectivity index (χ2v) is 7.35. The summed E-state index contributed by atoms with van der Waals surface area (Å²) in [4.78, 5) is 17.1. The predicted molar refractivity (Wildman–Crippen MR) is 101 cm³/mol. The Bertz CT molecular complexity index is 591. The summed E-state index contributed by atoms with van der Waals surface area (Å²) < 4.78 is 5.57. The van der Waals surface area contributed by atoms with E-state index in [1.54, 1.807) is 0 Å². The molecule has 2 atom stereocenters. The Hall–Kier alpha value is -1.59. The zero-order valence-electron chi connectivity index (χ0n) is 15.8. The molecule has 5 heteroatoms. The summed E-state index contributed by atoms with van der Waals surface area (Å²) in [5.74, 6) is 0.120. The summed E-state index contributed by atoms with van der Waals surface area (Å²) in [6.45, 7) is 11.6. The average Bonchev–Trinajstić information content (AvgIpc) is 3.15. The Morgan fingerprint density at radius 3 is 2.64 bits per heavy atom. The molecule has 1 aromatic carbocycles. The van der Waals surface area contributed by atoms with Gasteiger partial charge in [-0.2, -0.15) is 0 Å². The van der Waals surface area contributed by atoms with Crippen LogP contribution < -0.4 is 10.2 Å². The zero-order valence-corrected chi connectivity index (χ0v) is 15.8. The van der Waals surface area contributed by atoms with Crippen LogP contribution in [0.4, 0.5) is 5.69 Å². The molecular weight excluding hydrogens is 314 g/mol. The van der Waals surface area contributed by atoms with Gasteiger partial charge in [0.05, 0.1) is 12.1 Å². The normalized spacial score (nSPS) is 22.8. The van der Waals surface area contributed by atoms with Gasteiger partial charge in [0.15, 0.2) is 0 Å². The van der Waals surface area contributed by atoms with E-state index >= 15 is 0 Å². The van der Waals surface area contributed by atoms with Crippen molar-refractivity contribution in [3.63, 3.8) is 0 Å². The molecule has 2 saturated heterocycles. The Morgan fingerprint density at radius 1 is 1.24 bits per heavy atom. The molecule has 2 heterocycles. The third-order valence-corrected chi connectivity index (χ3v) is 5.63. The molecule has 0 unspecified atom stereocenters. The van der Waals surface area contributed by atoms with Crippen molar-refractivity contribution >= 4 is 11.6 Å². The van der Waals surface area contributed by atoms with Gasteiger partial charge in [0.25, 0.3) is 0 Å². The van der Waals surface area contributed by atoms with Crippen molar-refractivity contribution in [2.45, 2.75) is 45.8 Å². The molecule has 0 bridgehead atoms. The van der Waals surface area contributed by atoms with Crippen LogP contribution in [0.5, 0.6) is 0 Å². The highest BCUT2D eigenvalue weighted by Crippen LogP contribution is 2.21. The molecule has 0 spiro atoms. The first-order valence-corrected chi connectivity index (χ1v) is 9.50. The minimum atomic E-state index is -0.0803. The number of nitrogens with one attached hydrogen (secondary N) is 1. The zero-order chi connectivity index (χ0) is 17.8. The fourth-order valence-corrected chi connectivity index (χ4v) is 3.62. The Balaban J connectivity index is 1.47. The molecule has 138 valence electrons. The molecule has 2 aliphatic rings. The minimum absolute atomic E-state index is 0.0803. The molecular formula is C20H31N3O2. The van der Waals surface area contributed by atoms with Crippen molar-refractivity contribution in [3.8, 4) is 0 Å². The lowest BCUT2D eigenvalue weighted by Gasteiger charge is -2.38. The second-order valence-electron chi connectivity index (χ2n) is 7.35. The largest absolute Gasteiger partial charge is 0.376 e. The first kappa shape index (κ1) is 18.2. The van der Waals surface area contributed by atoms with Crippen molar-refractivity contribution in [2.24, 2.45) is 0 Å². The summed E-state index contributed by atoms with van der Waals surface area (Å²) in [6.07, 6.45) is 2.37. The van der Waals surface area contributed by atoms with Gasteiger partial charge in [0.1, 0.15) is 0 Å². The van der Waals surface area contributed by atoms with E-state index in [4.69, 9.17) is 4.74 Å². The molecule has 3 rings (SSSR count). The van der Waals surface area contributed by atoms with Crippen LogP contribution in [0.2, 0.25) is 0 Å². The fourth-order valence-electron chi connectivity index (χ4n) is 3.62. The number of rotatable bonds is 5. The van der Waals surface area contributed by atoms with Crippen molar-refractivity contribution in [3.05, 3.63) is 29.3 Å². The molecule has 0 aliphatic carbocycles. The van der Waals surface area contributed by atoms with E-state index in [9.17, 15) is 4.79 Å². The maximum Gasteiger partial charge on any atom is 0.237 e.